The van der Waals surface area contributed by atoms with Crippen LogP contribution in [0.4, 0.5) is 4.39 Å². The summed E-state index contributed by atoms with van der Waals surface area (Å²) in [6.45, 7) is -0.232. The molecule has 0 N–H and O–H groups in total. The summed E-state index contributed by atoms with van der Waals surface area (Å²) in [5.74, 6) is -1.23. The number of sulfone groups is 1. The van der Waals surface area contributed by atoms with Gasteiger partial charge >= 0.3 is 0 Å². The summed E-state index contributed by atoms with van der Waals surface area (Å²) in [6, 6.07) is 9.96. The van der Waals surface area contributed by atoms with Crippen LogP contribution in [0.1, 0.15) is 17.2 Å². The maximum absolute atomic E-state index is 14.0. The molecule has 10 heteroatoms. The summed E-state index contributed by atoms with van der Waals surface area (Å²) < 4.78 is 71.1. The second kappa shape index (κ2) is 7.98. The first kappa shape index (κ1) is 21.0. The summed E-state index contributed by atoms with van der Waals surface area (Å²) in [7, 11) is -6.39. The zero-order valence-corrected chi connectivity index (χ0v) is 17.4. The van der Waals surface area contributed by atoms with Gasteiger partial charge in [0, 0.05) is 18.1 Å². The molecule has 0 saturated carbocycles. The zero-order valence-electron chi connectivity index (χ0n) is 15.0. The number of rotatable bonds is 4. The minimum absolute atomic E-state index is 0.0227. The Morgan fingerprint density at radius 1 is 1.18 bits per heavy atom. The predicted molar refractivity (Wildman–Crippen MR) is 104 cm³/mol. The molecule has 0 spiro atoms. The van der Waals surface area contributed by atoms with Crippen LogP contribution < -0.4 is 4.74 Å². The van der Waals surface area contributed by atoms with Crippen LogP contribution in [0.5, 0.6) is 5.75 Å². The van der Waals surface area contributed by atoms with E-state index in [1.54, 1.807) is 24.3 Å². The van der Waals surface area contributed by atoms with Crippen molar-refractivity contribution in [1.29, 1.82) is 0 Å². The molecule has 0 radical (unpaired) electrons. The summed E-state index contributed by atoms with van der Waals surface area (Å²) in [6.07, 6.45) is 0.0595. The molecule has 2 aromatic rings. The van der Waals surface area contributed by atoms with Crippen LogP contribution in [0.15, 0.2) is 47.4 Å². The Bertz CT molecular complexity index is 1090. The van der Waals surface area contributed by atoms with E-state index in [0.29, 0.717) is 10.6 Å². The summed E-state index contributed by atoms with van der Waals surface area (Å²) in [4.78, 5) is -0.251. The van der Waals surface area contributed by atoms with E-state index < -0.39 is 30.9 Å². The molecule has 152 valence electrons. The molecule has 1 fully saturated rings. The first-order valence-electron chi connectivity index (χ1n) is 8.46. The Hall–Kier alpha value is -1.68. The Labute approximate surface area is 168 Å². The van der Waals surface area contributed by atoms with Crippen molar-refractivity contribution >= 4 is 31.5 Å². The van der Waals surface area contributed by atoms with Crippen molar-refractivity contribution in [2.45, 2.75) is 16.6 Å². The fourth-order valence-electron chi connectivity index (χ4n) is 3.21. The van der Waals surface area contributed by atoms with E-state index in [0.717, 1.165) is 10.4 Å². The van der Waals surface area contributed by atoms with E-state index >= 15 is 0 Å². The van der Waals surface area contributed by atoms with Gasteiger partial charge in [-0.2, -0.15) is 4.31 Å². The van der Waals surface area contributed by atoms with Gasteiger partial charge in [-0.25, -0.2) is 21.2 Å². The fraction of sp³-hybridized carbons (Fsp3) is 0.333. The SMILES string of the molecule is COc1ccc(S(=O)(=O)N2CCC(c3ccccc3Cl)S(=O)(=O)CC2)cc1F. The molecule has 1 saturated heterocycles. The molecular formula is C18H19ClFNO5S2. The number of hydrogen-bond donors (Lipinski definition) is 0. The van der Waals surface area contributed by atoms with Gasteiger partial charge in [0.05, 0.1) is 23.0 Å². The molecule has 0 amide bonds. The Morgan fingerprint density at radius 3 is 2.54 bits per heavy atom. The minimum atomic E-state index is -4.06. The van der Waals surface area contributed by atoms with Gasteiger partial charge in [0.15, 0.2) is 21.4 Å². The summed E-state index contributed by atoms with van der Waals surface area (Å²) >= 11 is 6.16. The molecule has 0 bridgehead atoms. The average molecular weight is 448 g/mol. The lowest BCUT2D eigenvalue weighted by Crippen LogP contribution is -2.33. The molecule has 28 heavy (non-hydrogen) atoms. The minimum Gasteiger partial charge on any atom is -0.494 e. The average Bonchev–Trinajstić information content (AvgIpc) is 2.80. The number of benzene rings is 2. The highest BCUT2D eigenvalue weighted by atomic mass is 35.5. The summed E-state index contributed by atoms with van der Waals surface area (Å²) in [5.41, 5.74) is 0.457. The van der Waals surface area contributed by atoms with Crippen LogP contribution in [0.2, 0.25) is 5.02 Å². The smallest absolute Gasteiger partial charge is 0.243 e. The van der Waals surface area contributed by atoms with Gasteiger partial charge in [-0.3, -0.25) is 0 Å². The van der Waals surface area contributed by atoms with Gasteiger partial charge in [-0.05, 0) is 36.2 Å². The number of methoxy groups -OCH3 is 1. The molecule has 0 aromatic heterocycles. The standard InChI is InChI=1S/C18H19ClFNO5S2/c1-26-17-7-6-13(12-16(17)20)28(24,25)21-9-8-18(27(22,23)11-10-21)14-4-2-3-5-15(14)19/h2-7,12,18H,8-11H2,1H3. The number of halogens is 2. The van der Waals surface area contributed by atoms with E-state index in [4.69, 9.17) is 16.3 Å². The number of sulfonamides is 1. The first-order valence-corrected chi connectivity index (χ1v) is 12.0. The summed E-state index contributed by atoms with van der Waals surface area (Å²) in [5, 5.41) is -0.571. The van der Waals surface area contributed by atoms with Crippen LogP contribution >= 0.6 is 11.6 Å². The Balaban J connectivity index is 1.92. The van der Waals surface area contributed by atoms with Gasteiger partial charge in [-0.1, -0.05) is 29.8 Å². The van der Waals surface area contributed by atoms with Crippen LogP contribution in [-0.4, -0.2) is 47.1 Å². The largest absolute Gasteiger partial charge is 0.494 e. The molecule has 1 atom stereocenters. The zero-order chi connectivity index (χ0) is 20.5. The fourth-order valence-corrected chi connectivity index (χ4v) is 6.94. The van der Waals surface area contributed by atoms with Crippen molar-refractivity contribution in [3.05, 3.63) is 58.9 Å². The molecule has 2 aromatic carbocycles. The topological polar surface area (TPSA) is 80.8 Å². The third kappa shape index (κ3) is 4.03. The second-order valence-corrected chi connectivity index (χ2v) is 11.0. The lowest BCUT2D eigenvalue weighted by Gasteiger charge is -2.20. The van der Waals surface area contributed by atoms with Gasteiger partial charge in [0.25, 0.3) is 0 Å². The van der Waals surface area contributed by atoms with Crippen molar-refractivity contribution in [2.75, 3.05) is 26.0 Å². The first-order chi connectivity index (χ1) is 13.2. The van der Waals surface area contributed by atoms with Crippen LogP contribution in [-0.2, 0) is 19.9 Å². The highest BCUT2D eigenvalue weighted by Crippen LogP contribution is 2.35. The van der Waals surface area contributed by atoms with Crippen molar-refractivity contribution in [3.63, 3.8) is 0 Å². The molecule has 0 aliphatic carbocycles. The highest BCUT2D eigenvalue weighted by Gasteiger charge is 2.36. The number of hydrogen-bond acceptors (Lipinski definition) is 5. The number of nitrogens with zero attached hydrogens (tertiary/aromatic N) is 1. The quantitative estimate of drug-likeness (QED) is 0.719. The maximum Gasteiger partial charge on any atom is 0.243 e. The van der Waals surface area contributed by atoms with E-state index in [1.165, 1.54) is 19.2 Å². The third-order valence-electron chi connectivity index (χ3n) is 4.71. The van der Waals surface area contributed by atoms with Gasteiger partial charge < -0.3 is 4.74 Å². The van der Waals surface area contributed by atoms with Crippen LogP contribution in [0, 0.1) is 5.82 Å². The predicted octanol–water partition coefficient (Wildman–Crippen LogP) is 3.04. The lowest BCUT2D eigenvalue weighted by molar-refractivity contribution is 0.385. The van der Waals surface area contributed by atoms with Crippen molar-refractivity contribution in [1.82, 2.24) is 4.31 Å². The number of ether oxygens (including phenoxy) is 1. The maximum atomic E-state index is 14.0. The molecule has 6 nitrogen and oxygen atoms in total. The van der Waals surface area contributed by atoms with E-state index in [2.05, 4.69) is 0 Å². The molecular weight excluding hydrogens is 429 g/mol. The van der Waals surface area contributed by atoms with E-state index in [1.807, 2.05) is 0 Å². The molecule has 1 heterocycles. The second-order valence-electron chi connectivity index (χ2n) is 6.37. The third-order valence-corrected chi connectivity index (χ3v) is 9.06. The van der Waals surface area contributed by atoms with E-state index in [9.17, 15) is 21.2 Å². The Kier molecular flexibility index (Phi) is 6.00. The van der Waals surface area contributed by atoms with E-state index in [-0.39, 0.29) is 35.9 Å². The highest BCUT2D eigenvalue weighted by molar-refractivity contribution is 7.92. The van der Waals surface area contributed by atoms with Crippen molar-refractivity contribution in [2.24, 2.45) is 0 Å². The monoisotopic (exact) mass is 447 g/mol. The van der Waals surface area contributed by atoms with Crippen molar-refractivity contribution in [3.8, 4) is 5.75 Å². The molecule has 1 aliphatic rings. The molecule has 1 unspecified atom stereocenters. The lowest BCUT2D eigenvalue weighted by atomic mass is 10.1. The van der Waals surface area contributed by atoms with Gasteiger partial charge in [0.1, 0.15) is 0 Å². The van der Waals surface area contributed by atoms with Gasteiger partial charge in [0.2, 0.25) is 10.0 Å². The normalized spacial score (nSPS) is 20.5. The molecule has 1 aliphatic heterocycles. The van der Waals surface area contributed by atoms with Crippen molar-refractivity contribution < 1.29 is 26.0 Å². The molecule has 3 rings (SSSR count). The van der Waals surface area contributed by atoms with Crippen LogP contribution in [0.25, 0.3) is 0 Å². The van der Waals surface area contributed by atoms with Gasteiger partial charge in [-0.15, -0.1) is 0 Å². The van der Waals surface area contributed by atoms with Crippen LogP contribution in [0.3, 0.4) is 0 Å². The Morgan fingerprint density at radius 2 is 1.89 bits per heavy atom.